The zero-order valence-electron chi connectivity index (χ0n) is 75.1. The molecule has 18 heteroatoms. The highest BCUT2D eigenvalue weighted by Gasteiger charge is 2.61. The van der Waals surface area contributed by atoms with Crippen molar-refractivity contribution in [1.29, 1.82) is 0 Å². The number of halogens is 7. The van der Waals surface area contributed by atoms with Crippen LogP contribution >= 0.6 is 20.9 Å². The Balaban J connectivity index is 0.000000166. The van der Waals surface area contributed by atoms with Crippen LogP contribution in [0.25, 0.3) is 50.1 Å². The Labute approximate surface area is 764 Å². The van der Waals surface area contributed by atoms with Gasteiger partial charge in [0.25, 0.3) is 5.92 Å². The van der Waals surface area contributed by atoms with Crippen molar-refractivity contribution >= 4 is 111 Å². The molecule has 2 aromatic heterocycles. The maximum atomic E-state index is 13.8. The maximum Gasteiger partial charge on any atom is 0.453 e. The third-order valence-corrected chi connectivity index (χ3v) is 33.9. The van der Waals surface area contributed by atoms with Gasteiger partial charge < -0.3 is 18.9 Å². The topological polar surface area (TPSA) is 54.0 Å². The summed E-state index contributed by atoms with van der Waals surface area (Å²) >= 11 is 0. The van der Waals surface area contributed by atoms with Gasteiger partial charge in [-0.15, -0.1) is 0 Å². The molecule has 0 aliphatic rings. The molecule has 0 N–H and O–H groups in total. The average molecular weight is 1830 g/mol. The molecule has 2 heterocycles. The van der Waals surface area contributed by atoms with Crippen molar-refractivity contribution in [3.8, 4) is 27.0 Å². The zero-order chi connectivity index (χ0) is 91.1. The second-order valence-electron chi connectivity index (χ2n) is 31.1. The van der Waals surface area contributed by atoms with Gasteiger partial charge in [0.2, 0.25) is 0 Å². The van der Waals surface area contributed by atoms with Gasteiger partial charge in [-0.3, -0.25) is 0 Å². The van der Waals surface area contributed by atoms with E-state index >= 15 is 0 Å². The SMILES string of the molecule is CCCC[S+](CCCC)CCCC.COC(=O)COc1c(C)cc([S+](c2ccccc2)c2ccccc2)cc1C.COc1c(C)cc(-[s+]2c3ccccc3c3ccccc32)cc1C.C[S+](C)c1ccccc1.Cc1cc([S+](c2ccccc2)c2ccccc2)cc(C)c1OCCCC(F)(F)CC(F)(F)C(F)(F)F.c1ccc(-[s+]2c3ccccc3c3ccccc32)cc1. The highest BCUT2D eigenvalue weighted by Crippen LogP contribution is 2.51. The molecule has 0 spiro atoms. The fourth-order valence-corrected chi connectivity index (χ4v) is 27.8. The van der Waals surface area contributed by atoms with Gasteiger partial charge >= 0.3 is 18.1 Å². The summed E-state index contributed by atoms with van der Waals surface area (Å²) in [5.41, 5.74) is 5.97. The minimum atomic E-state index is -6.01. The van der Waals surface area contributed by atoms with E-state index < -0.39 is 41.8 Å². The molecule has 0 unspecified atom stereocenters. The minimum absolute atomic E-state index is 0.0269. The number of unbranched alkanes of at least 4 members (excludes halogenated alkanes) is 3. The molecule has 0 aliphatic heterocycles. The number of alkyl halides is 7. The predicted octanol–water partition coefficient (Wildman–Crippen LogP) is 31.7. The lowest BCUT2D eigenvalue weighted by Gasteiger charge is -2.25. The molecule has 0 bridgehead atoms. The van der Waals surface area contributed by atoms with Crippen molar-refractivity contribution in [2.75, 3.05) is 57.2 Å². The van der Waals surface area contributed by atoms with Crippen LogP contribution in [-0.4, -0.2) is 81.2 Å². The Kier molecular flexibility index (Phi) is 38.3. The second-order valence-corrected chi connectivity index (χ2v) is 43.6. The molecular weight excluding hydrogens is 1710 g/mol. The molecule has 15 aromatic rings. The van der Waals surface area contributed by atoms with Crippen LogP contribution in [-0.2, 0) is 53.1 Å². The van der Waals surface area contributed by atoms with Crippen molar-refractivity contribution in [3.63, 3.8) is 0 Å². The van der Waals surface area contributed by atoms with Gasteiger partial charge in [-0.1, -0.05) is 198 Å². The maximum absolute atomic E-state index is 13.8. The molecule has 0 radical (unpaired) electrons. The van der Waals surface area contributed by atoms with Crippen LogP contribution in [0.2, 0.25) is 0 Å². The Morgan fingerprint density at radius 2 is 0.646 bits per heavy atom. The first kappa shape index (κ1) is 99.2. The second kappa shape index (κ2) is 49.0. The Hall–Kier alpha value is -9.92. The van der Waals surface area contributed by atoms with Crippen molar-refractivity contribution in [3.05, 3.63) is 349 Å². The average Bonchev–Trinajstić information content (AvgIpc) is 1.62. The van der Waals surface area contributed by atoms with Crippen LogP contribution in [0.15, 0.2) is 350 Å². The van der Waals surface area contributed by atoms with E-state index in [0.717, 1.165) is 59.3 Å². The number of carbonyl (C=O) groups is 1. The van der Waals surface area contributed by atoms with Crippen LogP contribution < -0.4 is 14.2 Å². The van der Waals surface area contributed by atoms with E-state index in [1.54, 1.807) is 7.11 Å². The molecule has 127 heavy (non-hydrogen) atoms. The summed E-state index contributed by atoms with van der Waals surface area (Å²) in [6, 6.07) is 110. The van der Waals surface area contributed by atoms with Gasteiger partial charge in [0.05, 0.1) is 49.0 Å². The first-order valence-electron chi connectivity index (χ1n) is 43.1. The molecule has 5 nitrogen and oxygen atoms in total. The fourth-order valence-electron chi connectivity index (χ4n) is 14.9. The van der Waals surface area contributed by atoms with E-state index in [1.807, 2.05) is 113 Å². The molecular formula is C109H119F7O5S6+6. The molecule has 0 atom stereocenters. The fraction of sp³-hybridized carbons (Fsp3) is 0.275. The number of carbonyl (C=O) groups excluding carboxylic acids is 1. The van der Waals surface area contributed by atoms with Crippen LogP contribution in [0.3, 0.4) is 0 Å². The molecule has 0 amide bonds. The van der Waals surface area contributed by atoms with Crippen LogP contribution in [0.5, 0.6) is 17.2 Å². The predicted molar refractivity (Wildman–Crippen MR) is 532 cm³/mol. The third-order valence-electron chi connectivity index (χ3n) is 21.1. The largest absolute Gasteiger partial charge is 0.496 e. The summed E-state index contributed by atoms with van der Waals surface area (Å²) in [4.78, 5) is 22.7. The number of rotatable bonds is 29. The number of fused-ring (bicyclic) bond motifs is 6. The van der Waals surface area contributed by atoms with Crippen molar-refractivity contribution < 1.29 is 54.5 Å². The van der Waals surface area contributed by atoms with Gasteiger partial charge in [-0.2, -0.15) is 22.0 Å². The van der Waals surface area contributed by atoms with Crippen molar-refractivity contribution in [2.24, 2.45) is 0 Å². The lowest BCUT2D eigenvalue weighted by atomic mass is 10.0. The van der Waals surface area contributed by atoms with Gasteiger partial charge in [-0.05, 0) is 233 Å². The number of hydrogen-bond donors (Lipinski definition) is 0. The van der Waals surface area contributed by atoms with E-state index in [0.29, 0.717) is 16.6 Å². The Morgan fingerprint density at radius 1 is 0.346 bits per heavy atom. The number of methoxy groups -OCH3 is 2. The summed E-state index contributed by atoms with van der Waals surface area (Å²) in [5, 5.41) is 5.53. The number of aryl methyl sites for hydroxylation is 6. The van der Waals surface area contributed by atoms with Crippen LogP contribution in [0.1, 0.15) is 112 Å². The summed E-state index contributed by atoms with van der Waals surface area (Å²) in [5.74, 6) is -3.25. The summed E-state index contributed by atoms with van der Waals surface area (Å²) < 4.78 is 118. The quantitative estimate of drug-likeness (QED) is 0.0202. The number of benzene rings is 13. The first-order chi connectivity index (χ1) is 61.2. The molecule has 13 aromatic carbocycles. The first-order valence-corrected chi connectivity index (χ1v) is 51.8. The number of thiophene rings is 2. The van der Waals surface area contributed by atoms with Gasteiger partial charge in [0.15, 0.2) is 69.5 Å². The molecule has 15 rings (SSSR count). The number of hydrogen-bond acceptors (Lipinski definition) is 5. The molecule has 664 valence electrons. The zero-order valence-corrected chi connectivity index (χ0v) is 80.0. The van der Waals surface area contributed by atoms with E-state index in [4.69, 9.17) is 14.2 Å². The monoisotopic (exact) mass is 1830 g/mol. The number of ether oxygens (including phenoxy) is 4. The van der Waals surface area contributed by atoms with E-state index in [-0.39, 0.29) is 57.4 Å². The molecule has 0 fully saturated rings. The van der Waals surface area contributed by atoms with Gasteiger partial charge in [0.1, 0.15) is 47.0 Å². The molecule has 0 saturated carbocycles. The number of esters is 1. The Bertz CT molecular complexity index is 5620. The van der Waals surface area contributed by atoms with E-state index in [9.17, 15) is 35.5 Å². The Morgan fingerprint density at radius 3 is 0.953 bits per heavy atom. The standard InChI is InChI=1S/C27H26F7OS.C23H23O3S.C21H19OS.C18H13S.C12H27S.C8H11S/c1-19-16-23(36(21-10-5-3-6-11-21)22-12-7-4-8-13-22)17-20(2)24(19)35-15-9-14-25(28,29)18-26(30,31)27(32,33)34;1-17-14-21(15-18(2)23(17)26-16-22(24)25-3)27(19-10-6-4-7-11-19)20-12-8-5-9-13-20;1-14-12-16(13-15(2)21(14)22-3)23-19-10-6-4-8-17(19)18-9-5-7-11-20(18)23;1-2-8-14(9-3-1)19-17-12-6-4-10-15(17)16-11-5-7-13-18(16)19;1-4-7-10-13(11-8-5-2)12-9-6-3;1-9(2)8-6-4-3-5-7-8/h3-8,10-13,16-17H,9,14-15,18H2,1-2H3;4-15H,16H2,1-3H3;4-13H,1-3H3;1-13H;4-12H2,1-3H3;3-7H,1-2H3/q6*+1. The van der Waals surface area contributed by atoms with Crippen molar-refractivity contribution in [1.82, 2.24) is 0 Å². The van der Waals surface area contributed by atoms with Crippen molar-refractivity contribution in [2.45, 2.75) is 172 Å². The summed E-state index contributed by atoms with van der Waals surface area (Å²) in [6.45, 7) is 18.5. The highest BCUT2D eigenvalue weighted by atomic mass is 32.2. The van der Waals surface area contributed by atoms with Crippen LogP contribution in [0.4, 0.5) is 30.7 Å². The highest BCUT2D eigenvalue weighted by molar-refractivity contribution is 7.97. The lowest BCUT2D eigenvalue weighted by molar-refractivity contribution is -0.301. The molecule has 0 saturated heterocycles. The smallest absolute Gasteiger partial charge is 0.453 e. The lowest BCUT2D eigenvalue weighted by Crippen LogP contribution is -2.41. The van der Waals surface area contributed by atoms with Gasteiger partial charge in [-0.25, -0.2) is 13.6 Å². The van der Waals surface area contributed by atoms with Crippen LogP contribution in [0, 0.1) is 41.5 Å². The van der Waals surface area contributed by atoms with Gasteiger partial charge in [0, 0.05) is 96.2 Å². The minimum Gasteiger partial charge on any atom is -0.496 e. The summed E-state index contributed by atoms with van der Waals surface area (Å²) in [6.07, 6.45) is 2.86. The van der Waals surface area contributed by atoms with E-state index in [1.165, 1.54) is 144 Å². The summed E-state index contributed by atoms with van der Waals surface area (Å²) in [7, 11) is 3.74. The third kappa shape index (κ3) is 27.6. The van der Waals surface area contributed by atoms with E-state index in [2.05, 4.69) is 282 Å². The molecule has 0 aliphatic carbocycles. The normalized spacial score (nSPS) is 11.4.